The summed E-state index contributed by atoms with van der Waals surface area (Å²) in [5.74, 6) is -0.201. The third-order valence-electron chi connectivity index (χ3n) is 2.10. The molecular formula is C11H9ClN2OS. The van der Waals surface area contributed by atoms with Gasteiger partial charge in [0.25, 0.3) is 5.91 Å². The number of amides is 1. The van der Waals surface area contributed by atoms with E-state index in [0.717, 1.165) is 5.56 Å². The molecule has 0 radical (unpaired) electrons. The number of nitrogens with one attached hydrogen (secondary N) is 1. The van der Waals surface area contributed by atoms with Crippen molar-refractivity contribution in [1.29, 1.82) is 0 Å². The van der Waals surface area contributed by atoms with Crippen molar-refractivity contribution in [3.63, 3.8) is 0 Å². The van der Waals surface area contributed by atoms with Crippen LogP contribution in [0, 0.1) is 6.92 Å². The second-order valence-corrected chi connectivity index (χ2v) is 4.79. The van der Waals surface area contributed by atoms with Gasteiger partial charge in [-0.25, -0.2) is 4.99 Å². The van der Waals surface area contributed by atoms with Crippen molar-refractivity contribution in [2.75, 3.05) is 0 Å². The molecule has 3 nitrogen and oxygen atoms in total. The van der Waals surface area contributed by atoms with Gasteiger partial charge in [-0.1, -0.05) is 30.3 Å². The highest BCUT2D eigenvalue weighted by atomic mass is 35.5. The highest BCUT2D eigenvalue weighted by Gasteiger charge is 2.21. The number of carbonyl (C=O) groups excluding carboxylic acids is 1. The molecule has 1 aliphatic rings. The first-order valence-corrected chi connectivity index (χ1v) is 5.79. The molecule has 0 spiro atoms. The van der Waals surface area contributed by atoms with Crippen molar-refractivity contribution >= 4 is 40.1 Å². The zero-order valence-electron chi connectivity index (χ0n) is 8.58. The molecule has 2 rings (SSSR count). The highest BCUT2D eigenvalue weighted by Crippen LogP contribution is 2.31. The van der Waals surface area contributed by atoms with Gasteiger partial charge in [0.2, 0.25) is 0 Å². The SMILES string of the molecule is C=C1SC(=Nc2c(C)cccc2Cl)NC1=O. The first-order valence-electron chi connectivity index (χ1n) is 4.60. The second-order valence-electron chi connectivity index (χ2n) is 3.30. The molecule has 0 atom stereocenters. The van der Waals surface area contributed by atoms with E-state index in [1.54, 1.807) is 6.07 Å². The van der Waals surface area contributed by atoms with Crippen molar-refractivity contribution in [2.45, 2.75) is 6.92 Å². The third-order valence-corrected chi connectivity index (χ3v) is 3.22. The molecular weight excluding hydrogens is 244 g/mol. The monoisotopic (exact) mass is 252 g/mol. The average Bonchev–Trinajstić information content (AvgIpc) is 2.53. The fourth-order valence-electron chi connectivity index (χ4n) is 1.27. The molecule has 1 fully saturated rings. The van der Waals surface area contributed by atoms with E-state index in [-0.39, 0.29) is 5.91 Å². The molecule has 0 bridgehead atoms. The van der Waals surface area contributed by atoms with Gasteiger partial charge in [0.1, 0.15) is 0 Å². The summed E-state index contributed by atoms with van der Waals surface area (Å²) in [6.07, 6.45) is 0. The van der Waals surface area contributed by atoms with Crippen LogP contribution in [-0.2, 0) is 4.79 Å². The summed E-state index contributed by atoms with van der Waals surface area (Å²) < 4.78 is 0. The maximum atomic E-state index is 11.2. The summed E-state index contributed by atoms with van der Waals surface area (Å²) in [4.78, 5) is 16.0. The van der Waals surface area contributed by atoms with Gasteiger partial charge in [0, 0.05) is 0 Å². The number of hydrogen-bond donors (Lipinski definition) is 1. The summed E-state index contributed by atoms with van der Waals surface area (Å²) in [5, 5.41) is 3.71. The zero-order valence-corrected chi connectivity index (χ0v) is 10.2. The van der Waals surface area contributed by atoms with Crippen LogP contribution >= 0.6 is 23.4 Å². The number of aliphatic imine (C=N–C) groups is 1. The molecule has 1 aromatic rings. The van der Waals surface area contributed by atoms with Crippen LogP contribution in [0.1, 0.15) is 5.56 Å². The van der Waals surface area contributed by atoms with Gasteiger partial charge < -0.3 is 5.32 Å². The minimum Gasteiger partial charge on any atom is -0.300 e. The van der Waals surface area contributed by atoms with E-state index < -0.39 is 0 Å². The van der Waals surface area contributed by atoms with Crippen LogP contribution in [0.3, 0.4) is 0 Å². The first kappa shape index (κ1) is 11.2. The van der Waals surface area contributed by atoms with E-state index in [4.69, 9.17) is 11.6 Å². The van der Waals surface area contributed by atoms with Gasteiger partial charge >= 0.3 is 0 Å². The Bertz CT molecular complexity index is 472. The predicted molar refractivity (Wildman–Crippen MR) is 68.2 cm³/mol. The number of halogens is 1. The fourth-order valence-corrected chi connectivity index (χ4v) is 2.19. The number of amidine groups is 1. The lowest BCUT2D eigenvalue weighted by atomic mass is 10.2. The first-order chi connectivity index (χ1) is 7.58. The smallest absolute Gasteiger partial charge is 0.263 e. The maximum absolute atomic E-state index is 11.2. The molecule has 16 heavy (non-hydrogen) atoms. The predicted octanol–water partition coefficient (Wildman–Crippen LogP) is 3.01. The summed E-state index contributed by atoms with van der Waals surface area (Å²) in [6, 6.07) is 5.55. The van der Waals surface area contributed by atoms with Crippen molar-refractivity contribution in [1.82, 2.24) is 5.32 Å². The van der Waals surface area contributed by atoms with Crippen molar-refractivity contribution in [3.8, 4) is 0 Å². The molecule has 82 valence electrons. The summed E-state index contributed by atoms with van der Waals surface area (Å²) in [7, 11) is 0. The molecule has 5 heteroatoms. The van der Waals surface area contributed by atoms with Gasteiger partial charge in [-0.2, -0.15) is 0 Å². The molecule has 0 aromatic heterocycles. The molecule has 1 amide bonds. The second kappa shape index (κ2) is 4.31. The molecule has 0 aliphatic carbocycles. The van der Waals surface area contributed by atoms with Crippen LogP contribution in [0.5, 0.6) is 0 Å². The minimum atomic E-state index is -0.201. The van der Waals surface area contributed by atoms with Gasteiger partial charge in [0.05, 0.1) is 15.6 Å². The van der Waals surface area contributed by atoms with E-state index in [9.17, 15) is 4.79 Å². The Hall–Kier alpha value is -1.26. The lowest BCUT2D eigenvalue weighted by Crippen LogP contribution is -2.19. The fraction of sp³-hybridized carbons (Fsp3) is 0.0909. The number of thioether (sulfide) groups is 1. The van der Waals surface area contributed by atoms with Crippen LogP contribution < -0.4 is 5.32 Å². The average molecular weight is 253 g/mol. The molecule has 1 heterocycles. The number of aryl methyl sites for hydroxylation is 1. The van der Waals surface area contributed by atoms with E-state index >= 15 is 0 Å². The largest absolute Gasteiger partial charge is 0.300 e. The normalized spacial score (nSPS) is 18.0. The van der Waals surface area contributed by atoms with Crippen LogP contribution in [0.2, 0.25) is 5.02 Å². The quantitative estimate of drug-likeness (QED) is 0.781. The van der Waals surface area contributed by atoms with E-state index in [2.05, 4.69) is 16.9 Å². The lowest BCUT2D eigenvalue weighted by molar-refractivity contribution is -0.115. The van der Waals surface area contributed by atoms with Crippen LogP contribution in [0.15, 0.2) is 34.7 Å². The Morgan fingerprint density at radius 3 is 2.81 bits per heavy atom. The maximum Gasteiger partial charge on any atom is 0.263 e. The molecule has 1 aliphatic heterocycles. The Balaban J connectivity index is 2.37. The lowest BCUT2D eigenvalue weighted by Gasteiger charge is -2.03. The number of nitrogens with zero attached hydrogens (tertiary/aromatic N) is 1. The van der Waals surface area contributed by atoms with Gasteiger partial charge in [0.15, 0.2) is 5.17 Å². The number of carbonyl (C=O) groups is 1. The standard InChI is InChI=1S/C11H9ClN2OS/c1-6-4-3-5-8(12)9(6)13-11-14-10(15)7(2)16-11/h3-5H,2H2,1H3,(H,13,14,15). The van der Waals surface area contributed by atoms with Crippen LogP contribution in [0.4, 0.5) is 5.69 Å². The Morgan fingerprint density at radius 2 is 2.25 bits per heavy atom. The van der Waals surface area contributed by atoms with Crippen molar-refractivity contribution < 1.29 is 4.79 Å². The number of hydrogen-bond acceptors (Lipinski definition) is 3. The number of benzene rings is 1. The van der Waals surface area contributed by atoms with E-state index in [0.29, 0.717) is 20.8 Å². The van der Waals surface area contributed by atoms with Crippen molar-refractivity contribution in [3.05, 3.63) is 40.3 Å². The molecule has 1 aromatic carbocycles. The third kappa shape index (κ3) is 2.13. The molecule has 1 N–H and O–H groups in total. The number of para-hydroxylation sites is 1. The van der Waals surface area contributed by atoms with Gasteiger partial charge in [-0.05, 0) is 30.3 Å². The summed E-state index contributed by atoms with van der Waals surface area (Å²) in [6.45, 7) is 5.53. The summed E-state index contributed by atoms with van der Waals surface area (Å²) in [5.41, 5.74) is 1.65. The number of rotatable bonds is 1. The Morgan fingerprint density at radius 1 is 1.50 bits per heavy atom. The summed E-state index contributed by atoms with van der Waals surface area (Å²) >= 11 is 7.25. The topological polar surface area (TPSA) is 41.5 Å². The molecule has 0 saturated carbocycles. The Labute approximate surface area is 103 Å². The molecule has 1 saturated heterocycles. The van der Waals surface area contributed by atoms with Gasteiger partial charge in [-0.3, -0.25) is 4.79 Å². The highest BCUT2D eigenvalue weighted by molar-refractivity contribution is 8.18. The van der Waals surface area contributed by atoms with Crippen LogP contribution in [0.25, 0.3) is 0 Å². The van der Waals surface area contributed by atoms with E-state index in [1.807, 2.05) is 19.1 Å². The van der Waals surface area contributed by atoms with Gasteiger partial charge in [-0.15, -0.1) is 0 Å². The minimum absolute atomic E-state index is 0.201. The van der Waals surface area contributed by atoms with Crippen LogP contribution in [-0.4, -0.2) is 11.1 Å². The Kier molecular flexibility index (Phi) is 3.03. The van der Waals surface area contributed by atoms with Crippen molar-refractivity contribution in [2.24, 2.45) is 4.99 Å². The zero-order chi connectivity index (χ0) is 11.7. The van der Waals surface area contributed by atoms with E-state index in [1.165, 1.54) is 11.8 Å². The molecule has 0 unspecified atom stereocenters.